The summed E-state index contributed by atoms with van der Waals surface area (Å²) in [5, 5.41) is 11.6. The van der Waals surface area contributed by atoms with Crippen molar-refractivity contribution in [1.82, 2.24) is 9.97 Å². The number of aliphatic hydroxyl groups excluding tert-OH is 1. The third kappa shape index (κ3) is 6.85. The van der Waals surface area contributed by atoms with Gasteiger partial charge in [0.05, 0.1) is 19.9 Å². The summed E-state index contributed by atoms with van der Waals surface area (Å²) in [6, 6.07) is 3.06. The highest BCUT2D eigenvalue weighted by Gasteiger charge is 2.21. The van der Waals surface area contributed by atoms with E-state index in [1.165, 1.54) is 19.4 Å². The predicted molar refractivity (Wildman–Crippen MR) is 122 cm³/mol. The van der Waals surface area contributed by atoms with Crippen molar-refractivity contribution in [3.8, 4) is 17.2 Å². The summed E-state index contributed by atoms with van der Waals surface area (Å²) < 4.78 is 35.3. The van der Waals surface area contributed by atoms with Crippen LogP contribution in [0.1, 0.15) is 25.3 Å². The molecule has 0 fully saturated rings. The molecule has 0 atom stereocenters. The van der Waals surface area contributed by atoms with Crippen molar-refractivity contribution in [3.05, 3.63) is 23.9 Å². The van der Waals surface area contributed by atoms with E-state index in [9.17, 15) is 8.42 Å². The zero-order valence-corrected chi connectivity index (χ0v) is 20.0. The Morgan fingerprint density at radius 2 is 1.90 bits per heavy atom. The summed E-state index contributed by atoms with van der Waals surface area (Å²) >= 11 is 2.15. The van der Waals surface area contributed by atoms with Gasteiger partial charge in [0.25, 0.3) is 0 Å². The van der Waals surface area contributed by atoms with Gasteiger partial charge in [-0.3, -0.25) is 0 Å². The van der Waals surface area contributed by atoms with Crippen LogP contribution in [-0.4, -0.2) is 54.9 Å². The van der Waals surface area contributed by atoms with Gasteiger partial charge in [-0.05, 0) is 16.9 Å². The molecule has 2 aromatic rings. The number of alkyl halides is 1. The van der Waals surface area contributed by atoms with Gasteiger partial charge in [0.2, 0.25) is 5.95 Å². The van der Waals surface area contributed by atoms with Gasteiger partial charge < -0.3 is 25.6 Å². The molecular weight excluding hydrogens is 511 g/mol. The van der Waals surface area contributed by atoms with Crippen molar-refractivity contribution in [3.63, 3.8) is 0 Å². The summed E-state index contributed by atoms with van der Waals surface area (Å²) in [5.74, 6) is 1.14. The maximum atomic E-state index is 12.1. The Labute approximate surface area is 185 Å². The van der Waals surface area contributed by atoms with Gasteiger partial charge >= 0.3 is 0 Å². The normalized spacial score (nSPS) is 10.9. The Morgan fingerprint density at radius 3 is 2.38 bits per heavy atom. The summed E-state index contributed by atoms with van der Waals surface area (Å²) in [4.78, 5) is 10.1. The van der Waals surface area contributed by atoms with Crippen LogP contribution in [0.5, 0.6) is 17.2 Å². The number of aliphatic hydroxyl groups is 1. The third-order valence-electron chi connectivity index (χ3n) is 3.72. The molecule has 0 aliphatic rings. The number of aromatic nitrogens is 2. The van der Waals surface area contributed by atoms with Gasteiger partial charge in [-0.1, -0.05) is 36.4 Å². The van der Waals surface area contributed by atoms with Gasteiger partial charge in [-0.25, -0.2) is 13.4 Å². The number of anilines is 2. The number of benzene rings is 1. The number of hydrogen-bond acceptors (Lipinski definition) is 9. The van der Waals surface area contributed by atoms with Gasteiger partial charge in [-0.2, -0.15) is 4.98 Å². The van der Waals surface area contributed by atoms with E-state index >= 15 is 0 Å². The molecule has 0 saturated heterocycles. The molecular formula is C18H27IN4O5S. The van der Waals surface area contributed by atoms with E-state index in [4.69, 9.17) is 20.3 Å². The monoisotopic (exact) mass is 538 g/mol. The number of hydrogen-bond donors (Lipinski definition) is 3. The summed E-state index contributed by atoms with van der Waals surface area (Å²) in [5.41, 5.74) is 6.68. The molecule has 2 rings (SSSR count). The average molecular weight is 538 g/mol. The smallest absolute Gasteiger partial charge is 0.224 e. The summed E-state index contributed by atoms with van der Waals surface area (Å²) in [6.45, 7) is 4.11. The van der Waals surface area contributed by atoms with E-state index in [-0.39, 0.29) is 47.2 Å². The SMILES string of the molecule is CI.COc1cc(C(C)C)c(Oc2cnc(NCCO)nc2N)cc1S(C)(=O)=O. The standard InChI is InChI=1S/C17H24N4O5S.CH3I/c1-10(2)11-7-13(25-3)15(27(4,23)24)8-12(11)26-14-9-20-17(19-5-6-22)21-16(14)18;1-2/h7-10,22H,5-6H2,1-4H3,(H3,18,19,20,21);1H3. The molecule has 1 aromatic carbocycles. The molecule has 0 aliphatic heterocycles. The van der Waals surface area contributed by atoms with Crippen molar-refractivity contribution in [2.24, 2.45) is 0 Å². The summed E-state index contributed by atoms with van der Waals surface area (Å²) in [7, 11) is -2.12. The molecule has 9 nitrogen and oxygen atoms in total. The highest BCUT2D eigenvalue weighted by atomic mass is 127. The van der Waals surface area contributed by atoms with Crippen molar-refractivity contribution < 1.29 is 23.0 Å². The molecule has 0 saturated carbocycles. The fraction of sp³-hybridized carbons (Fsp3) is 0.444. The van der Waals surface area contributed by atoms with E-state index in [1.807, 2.05) is 18.8 Å². The molecule has 1 heterocycles. The Balaban J connectivity index is 0.00000204. The number of rotatable bonds is 8. The van der Waals surface area contributed by atoms with Crippen LogP contribution < -0.4 is 20.5 Å². The fourth-order valence-electron chi connectivity index (χ4n) is 2.38. The lowest BCUT2D eigenvalue weighted by Crippen LogP contribution is -2.10. The number of ether oxygens (including phenoxy) is 2. The quantitative estimate of drug-likeness (QED) is 0.342. The fourth-order valence-corrected chi connectivity index (χ4v) is 3.21. The molecule has 0 amide bonds. The highest BCUT2D eigenvalue weighted by molar-refractivity contribution is 14.1. The minimum atomic E-state index is -3.53. The third-order valence-corrected chi connectivity index (χ3v) is 4.83. The highest BCUT2D eigenvalue weighted by Crippen LogP contribution is 2.39. The molecule has 162 valence electrons. The van der Waals surface area contributed by atoms with Crippen molar-refractivity contribution in [2.45, 2.75) is 24.7 Å². The van der Waals surface area contributed by atoms with Gasteiger partial charge in [0.1, 0.15) is 16.4 Å². The number of nitrogen functional groups attached to an aromatic ring is 1. The van der Waals surface area contributed by atoms with Crippen molar-refractivity contribution in [2.75, 3.05) is 42.5 Å². The van der Waals surface area contributed by atoms with Crippen LogP contribution in [0.2, 0.25) is 0 Å². The lowest BCUT2D eigenvalue weighted by atomic mass is 10.0. The second kappa shape index (κ2) is 11.4. The largest absolute Gasteiger partial charge is 0.495 e. The number of nitrogens with two attached hydrogens (primary N) is 1. The topological polar surface area (TPSA) is 137 Å². The molecule has 0 radical (unpaired) electrons. The van der Waals surface area contributed by atoms with E-state index in [0.717, 1.165) is 11.8 Å². The first kappa shape index (κ1) is 25.2. The Kier molecular flexibility index (Phi) is 9.86. The minimum Gasteiger partial charge on any atom is -0.495 e. The van der Waals surface area contributed by atoms with Crippen LogP contribution in [-0.2, 0) is 9.84 Å². The first-order chi connectivity index (χ1) is 13.7. The molecule has 0 unspecified atom stereocenters. The Bertz CT molecular complexity index is 923. The van der Waals surface area contributed by atoms with Crippen LogP contribution in [0, 0.1) is 0 Å². The molecule has 11 heteroatoms. The Hall–Kier alpha value is -1.86. The maximum Gasteiger partial charge on any atom is 0.224 e. The zero-order valence-electron chi connectivity index (χ0n) is 17.1. The van der Waals surface area contributed by atoms with Gasteiger partial charge in [-0.15, -0.1) is 0 Å². The van der Waals surface area contributed by atoms with Gasteiger partial charge in [0, 0.05) is 24.4 Å². The number of nitrogens with zero attached hydrogens (tertiary/aromatic N) is 2. The van der Waals surface area contributed by atoms with Crippen LogP contribution in [0.15, 0.2) is 23.2 Å². The van der Waals surface area contributed by atoms with E-state index in [0.29, 0.717) is 5.75 Å². The molecule has 1 aromatic heterocycles. The van der Waals surface area contributed by atoms with Crippen LogP contribution >= 0.6 is 22.6 Å². The predicted octanol–water partition coefficient (Wildman–Crippen LogP) is 2.84. The van der Waals surface area contributed by atoms with Crippen molar-refractivity contribution in [1.29, 1.82) is 0 Å². The number of sulfone groups is 1. The molecule has 0 bridgehead atoms. The molecule has 4 N–H and O–H groups in total. The van der Waals surface area contributed by atoms with E-state index in [2.05, 4.69) is 37.9 Å². The number of methoxy groups -OCH3 is 1. The molecule has 29 heavy (non-hydrogen) atoms. The van der Waals surface area contributed by atoms with E-state index in [1.54, 1.807) is 6.07 Å². The first-order valence-corrected chi connectivity index (χ1v) is 12.7. The molecule has 0 aliphatic carbocycles. The molecule has 0 spiro atoms. The maximum absolute atomic E-state index is 12.1. The van der Waals surface area contributed by atoms with E-state index < -0.39 is 9.84 Å². The zero-order chi connectivity index (χ0) is 22.2. The summed E-state index contributed by atoms with van der Waals surface area (Å²) in [6.07, 6.45) is 2.49. The first-order valence-electron chi connectivity index (χ1n) is 8.62. The minimum absolute atomic E-state index is 0.0186. The van der Waals surface area contributed by atoms with Crippen LogP contribution in [0.4, 0.5) is 11.8 Å². The second-order valence-electron chi connectivity index (χ2n) is 6.16. The number of halogens is 1. The van der Waals surface area contributed by atoms with Crippen LogP contribution in [0.25, 0.3) is 0 Å². The lowest BCUT2D eigenvalue weighted by Gasteiger charge is -2.18. The van der Waals surface area contributed by atoms with Crippen LogP contribution in [0.3, 0.4) is 0 Å². The van der Waals surface area contributed by atoms with Gasteiger partial charge in [0.15, 0.2) is 21.4 Å². The lowest BCUT2D eigenvalue weighted by molar-refractivity contribution is 0.311. The second-order valence-corrected chi connectivity index (χ2v) is 8.15. The average Bonchev–Trinajstić information content (AvgIpc) is 2.68. The number of nitrogens with one attached hydrogen (secondary N) is 1. The Morgan fingerprint density at radius 1 is 1.24 bits per heavy atom. The van der Waals surface area contributed by atoms with Crippen molar-refractivity contribution >= 4 is 44.2 Å².